The summed E-state index contributed by atoms with van der Waals surface area (Å²) >= 11 is 12.4. The SMILES string of the molecule is NC(=O)c1nn(-c2c(Cl)cccc2Cl)cc1Nc1ccc(C(=O)N2CC(O)C2)cn1. The van der Waals surface area contributed by atoms with Crippen LogP contribution in [0.15, 0.2) is 42.7 Å². The number of aromatic nitrogens is 3. The molecule has 0 aliphatic carbocycles. The van der Waals surface area contributed by atoms with Gasteiger partial charge in [-0.05, 0) is 24.3 Å². The predicted molar refractivity (Wildman–Crippen MR) is 112 cm³/mol. The van der Waals surface area contributed by atoms with E-state index < -0.39 is 12.0 Å². The van der Waals surface area contributed by atoms with E-state index in [9.17, 15) is 14.7 Å². The molecule has 1 aliphatic rings. The number of primary amides is 1. The van der Waals surface area contributed by atoms with Crippen LogP contribution in [0.2, 0.25) is 10.0 Å². The Morgan fingerprint density at radius 1 is 1.17 bits per heavy atom. The van der Waals surface area contributed by atoms with E-state index in [-0.39, 0.29) is 11.6 Å². The number of carbonyl (C=O) groups is 2. The average molecular weight is 447 g/mol. The van der Waals surface area contributed by atoms with Crippen molar-refractivity contribution in [3.63, 3.8) is 0 Å². The van der Waals surface area contributed by atoms with E-state index >= 15 is 0 Å². The fraction of sp³-hybridized carbons (Fsp3) is 0.158. The number of nitrogens with one attached hydrogen (secondary N) is 1. The Kier molecular flexibility index (Phi) is 5.33. The summed E-state index contributed by atoms with van der Waals surface area (Å²) in [7, 11) is 0. The van der Waals surface area contributed by atoms with Crippen LogP contribution in [0.4, 0.5) is 11.5 Å². The Bertz CT molecular complexity index is 1110. The lowest BCUT2D eigenvalue weighted by molar-refractivity contribution is 0.00587. The van der Waals surface area contributed by atoms with Gasteiger partial charge in [0, 0.05) is 19.3 Å². The van der Waals surface area contributed by atoms with Crippen molar-refractivity contribution in [1.82, 2.24) is 19.7 Å². The number of carbonyl (C=O) groups excluding carboxylic acids is 2. The Morgan fingerprint density at radius 2 is 1.87 bits per heavy atom. The van der Waals surface area contributed by atoms with Gasteiger partial charge in [-0.25, -0.2) is 9.67 Å². The van der Waals surface area contributed by atoms with Crippen LogP contribution < -0.4 is 11.1 Å². The number of hydrogen-bond acceptors (Lipinski definition) is 6. The molecule has 0 unspecified atom stereocenters. The molecular formula is C19H16Cl2N6O3. The summed E-state index contributed by atoms with van der Waals surface area (Å²) in [5, 5.41) is 17.2. The van der Waals surface area contributed by atoms with Crippen LogP contribution in [0, 0.1) is 0 Å². The van der Waals surface area contributed by atoms with Crippen molar-refractivity contribution in [2.24, 2.45) is 5.73 Å². The molecule has 4 N–H and O–H groups in total. The minimum absolute atomic E-state index is 0.0255. The first kappa shape index (κ1) is 20.1. The molecule has 2 aromatic heterocycles. The maximum Gasteiger partial charge on any atom is 0.271 e. The van der Waals surface area contributed by atoms with E-state index in [4.69, 9.17) is 28.9 Å². The summed E-state index contributed by atoms with van der Waals surface area (Å²) in [6.07, 6.45) is 2.46. The van der Waals surface area contributed by atoms with E-state index in [1.165, 1.54) is 22.0 Å². The third-order valence-electron chi connectivity index (χ3n) is 4.54. The molecule has 3 heterocycles. The van der Waals surface area contributed by atoms with E-state index in [2.05, 4.69) is 15.4 Å². The summed E-state index contributed by atoms with van der Waals surface area (Å²) in [5.74, 6) is -0.580. The van der Waals surface area contributed by atoms with Gasteiger partial charge in [-0.1, -0.05) is 29.3 Å². The normalized spacial score (nSPS) is 13.8. The summed E-state index contributed by atoms with van der Waals surface area (Å²) in [5.41, 5.74) is 6.52. The van der Waals surface area contributed by atoms with Crippen LogP contribution in [0.3, 0.4) is 0 Å². The van der Waals surface area contributed by atoms with Crippen LogP contribution in [0.1, 0.15) is 20.8 Å². The average Bonchev–Trinajstić information content (AvgIpc) is 3.09. The molecule has 0 bridgehead atoms. The fourth-order valence-corrected chi connectivity index (χ4v) is 3.58. The second-order valence-corrected chi connectivity index (χ2v) is 7.51. The van der Waals surface area contributed by atoms with Gasteiger partial charge in [0.2, 0.25) is 0 Å². The lowest BCUT2D eigenvalue weighted by atomic mass is 10.1. The number of benzene rings is 1. The number of nitrogens with two attached hydrogens (primary N) is 1. The summed E-state index contributed by atoms with van der Waals surface area (Å²) in [6.45, 7) is 0.620. The molecule has 1 saturated heterocycles. The Morgan fingerprint density at radius 3 is 2.43 bits per heavy atom. The van der Waals surface area contributed by atoms with Crippen LogP contribution >= 0.6 is 23.2 Å². The molecule has 1 aromatic carbocycles. The number of aliphatic hydroxyl groups is 1. The van der Waals surface area contributed by atoms with Gasteiger partial charge >= 0.3 is 0 Å². The second-order valence-electron chi connectivity index (χ2n) is 6.69. The van der Waals surface area contributed by atoms with Crippen molar-refractivity contribution in [2.75, 3.05) is 18.4 Å². The number of amides is 2. The molecule has 154 valence electrons. The Hall–Kier alpha value is -3.14. The number of halogens is 2. The van der Waals surface area contributed by atoms with Crippen molar-refractivity contribution in [1.29, 1.82) is 0 Å². The first-order chi connectivity index (χ1) is 14.3. The molecule has 30 heavy (non-hydrogen) atoms. The number of rotatable bonds is 5. The van der Waals surface area contributed by atoms with Gasteiger partial charge in [0.1, 0.15) is 11.5 Å². The van der Waals surface area contributed by atoms with Crippen molar-refractivity contribution < 1.29 is 14.7 Å². The second kappa shape index (κ2) is 7.94. The number of pyridine rings is 1. The number of nitrogens with zero attached hydrogens (tertiary/aromatic N) is 4. The van der Waals surface area contributed by atoms with E-state index in [1.54, 1.807) is 30.3 Å². The molecule has 1 fully saturated rings. The standard InChI is InChI=1S/C19H16Cl2N6O3/c20-12-2-1-3-13(21)17(12)27-9-14(16(25-27)18(22)29)24-15-5-4-10(6-23-15)19(30)26-7-11(28)8-26/h1-6,9,11,28H,7-8H2,(H2,22,29)(H,23,24). The van der Waals surface area contributed by atoms with Gasteiger partial charge < -0.3 is 21.1 Å². The zero-order chi connectivity index (χ0) is 21.4. The largest absolute Gasteiger partial charge is 0.389 e. The highest BCUT2D eigenvalue weighted by Gasteiger charge is 2.29. The molecule has 0 atom stereocenters. The van der Waals surface area contributed by atoms with Crippen molar-refractivity contribution in [3.8, 4) is 5.69 Å². The minimum atomic E-state index is -0.748. The monoisotopic (exact) mass is 446 g/mol. The zero-order valence-electron chi connectivity index (χ0n) is 15.4. The molecule has 4 rings (SSSR count). The minimum Gasteiger partial charge on any atom is -0.389 e. The molecule has 9 nitrogen and oxygen atoms in total. The quantitative estimate of drug-likeness (QED) is 0.551. The number of aliphatic hydroxyl groups excluding tert-OH is 1. The van der Waals surface area contributed by atoms with Crippen molar-refractivity contribution in [2.45, 2.75) is 6.10 Å². The number of anilines is 2. The van der Waals surface area contributed by atoms with Crippen molar-refractivity contribution in [3.05, 3.63) is 64.0 Å². The van der Waals surface area contributed by atoms with Gasteiger partial charge in [-0.15, -0.1) is 0 Å². The van der Waals surface area contributed by atoms with Crippen molar-refractivity contribution >= 4 is 46.5 Å². The lowest BCUT2D eigenvalue weighted by Gasteiger charge is -2.35. The van der Waals surface area contributed by atoms with Crippen LogP contribution in [0.25, 0.3) is 5.69 Å². The van der Waals surface area contributed by atoms with Gasteiger partial charge in [-0.2, -0.15) is 5.10 Å². The summed E-state index contributed by atoms with van der Waals surface area (Å²) in [4.78, 5) is 29.9. The maximum absolute atomic E-state index is 12.3. The predicted octanol–water partition coefficient (Wildman–Crippen LogP) is 2.23. The first-order valence-electron chi connectivity index (χ1n) is 8.87. The molecule has 0 spiro atoms. The molecule has 0 saturated carbocycles. The molecule has 0 radical (unpaired) electrons. The number of likely N-dealkylation sites (tertiary alicyclic amines) is 1. The lowest BCUT2D eigenvalue weighted by Crippen LogP contribution is -2.53. The van der Waals surface area contributed by atoms with E-state index in [0.717, 1.165) is 0 Å². The van der Waals surface area contributed by atoms with E-state index in [0.29, 0.717) is 45.9 Å². The number of β-amino-alcohol motifs (C(OH)–C–C–N with tert-alkyl or cyclic N) is 1. The zero-order valence-corrected chi connectivity index (χ0v) is 16.9. The summed E-state index contributed by atoms with van der Waals surface area (Å²) in [6, 6.07) is 8.18. The van der Waals surface area contributed by atoms with E-state index in [1.807, 2.05) is 0 Å². The highest BCUT2D eigenvalue weighted by Crippen LogP contribution is 2.30. The van der Waals surface area contributed by atoms with Crippen LogP contribution in [-0.2, 0) is 0 Å². The smallest absolute Gasteiger partial charge is 0.271 e. The third-order valence-corrected chi connectivity index (χ3v) is 5.15. The fourth-order valence-electron chi connectivity index (χ4n) is 3.01. The first-order valence-corrected chi connectivity index (χ1v) is 9.63. The van der Waals surface area contributed by atoms with Gasteiger partial charge in [-0.3, -0.25) is 9.59 Å². The highest BCUT2D eigenvalue weighted by atomic mass is 35.5. The molecule has 2 amide bonds. The third kappa shape index (κ3) is 3.82. The summed E-state index contributed by atoms with van der Waals surface area (Å²) < 4.78 is 1.36. The number of para-hydroxylation sites is 1. The van der Waals surface area contributed by atoms with Gasteiger partial charge in [0.05, 0.1) is 33.6 Å². The van der Waals surface area contributed by atoms with Gasteiger partial charge in [0.25, 0.3) is 11.8 Å². The molecule has 3 aromatic rings. The Balaban J connectivity index is 1.59. The highest BCUT2D eigenvalue weighted by molar-refractivity contribution is 6.37. The molecule has 11 heteroatoms. The number of hydrogen-bond donors (Lipinski definition) is 3. The molecule has 1 aliphatic heterocycles. The molecular weight excluding hydrogens is 431 g/mol. The van der Waals surface area contributed by atoms with Crippen LogP contribution in [-0.4, -0.2) is 55.8 Å². The Labute approximate surface area is 181 Å². The van der Waals surface area contributed by atoms with Gasteiger partial charge in [0.15, 0.2) is 5.69 Å². The topological polar surface area (TPSA) is 126 Å². The van der Waals surface area contributed by atoms with Crippen LogP contribution in [0.5, 0.6) is 0 Å². The maximum atomic E-state index is 12.3.